The van der Waals surface area contributed by atoms with E-state index in [0.29, 0.717) is 17.8 Å². The second-order valence-electron chi connectivity index (χ2n) is 10.3. The molecular formula is C20H37NO2. The normalized spacial score (nSPS) is 20.9. The number of hydrogen-bond acceptors (Lipinski definition) is 2. The monoisotopic (exact) mass is 323 g/mol. The molecule has 0 aliphatic heterocycles. The van der Waals surface area contributed by atoms with Crippen molar-refractivity contribution in [2.75, 3.05) is 0 Å². The van der Waals surface area contributed by atoms with Crippen LogP contribution in [-0.4, -0.2) is 17.7 Å². The van der Waals surface area contributed by atoms with Gasteiger partial charge >= 0.3 is 0 Å². The quantitative estimate of drug-likeness (QED) is 0.812. The number of rotatable bonds is 4. The largest absolute Gasteiger partial charge is 0.346 e. The van der Waals surface area contributed by atoms with Crippen molar-refractivity contribution in [3.63, 3.8) is 0 Å². The summed E-state index contributed by atoms with van der Waals surface area (Å²) < 4.78 is 0. The van der Waals surface area contributed by atoms with Gasteiger partial charge in [-0.1, -0.05) is 55.4 Å². The Hall–Kier alpha value is -0.860. The Morgan fingerprint density at radius 2 is 1.52 bits per heavy atom. The standard InChI is InChI=1S/C20H37NO2/c1-18(2,3)16(17(23)19(4,5)6)21-15(22)13-14-9-11-20(7,8)12-10-14/h14,16H,9-13H2,1-8H3,(H,21,22). The average Bonchev–Trinajstić information content (AvgIpc) is 2.35. The lowest BCUT2D eigenvalue weighted by Crippen LogP contribution is -2.53. The summed E-state index contributed by atoms with van der Waals surface area (Å²) >= 11 is 0. The van der Waals surface area contributed by atoms with Crippen molar-refractivity contribution in [3.8, 4) is 0 Å². The van der Waals surface area contributed by atoms with Crippen LogP contribution in [0.1, 0.15) is 87.5 Å². The first-order chi connectivity index (χ1) is 10.2. The molecule has 0 aromatic carbocycles. The number of Topliss-reactive ketones (excluding diaryl/α,β-unsaturated/α-hetero) is 1. The van der Waals surface area contributed by atoms with E-state index in [1.165, 1.54) is 12.8 Å². The lowest BCUT2D eigenvalue weighted by atomic mass is 9.72. The van der Waals surface area contributed by atoms with Gasteiger partial charge < -0.3 is 5.32 Å². The summed E-state index contributed by atoms with van der Waals surface area (Å²) in [6.45, 7) is 16.4. The summed E-state index contributed by atoms with van der Waals surface area (Å²) in [5, 5.41) is 3.04. The van der Waals surface area contributed by atoms with Crippen LogP contribution in [-0.2, 0) is 9.59 Å². The first kappa shape index (κ1) is 20.2. The molecule has 0 radical (unpaired) electrons. The van der Waals surface area contributed by atoms with Gasteiger partial charge in [0, 0.05) is 11.8 Å². The van der Waals surface area contributed by atoms with Crippen LogP contribution in [0.25, 0.3) is 0 Å². The molecular weight excluding hydrogens is 286 g/mol. The molecule has 1 fully saturated rings. The van der Waals surface area contributed by atoms with E-state index in [1.54, 1.807) is 0 Å². The van der Waals surface area contributed by atoms with Crippen LogP contribution in [0.5, 0.6) is 0 Å². The van der Waals surface area contributed by atoms with E-state index in [1.807, 2.05) is 41.5 Å². The molecule has 0 bridgehead atoms. The molecule has 3 nitrogen and oxygen atoms in total. The van der Waals surface area contributed by atoms with Gasteiger partial charge in [-0.3, -0.25) is 9.59 Å². The van der Waals surface area contributed by atoms with Gasteiger partial charge in [-0.15, -0.1) is 0 Å². The zero-order chi connectivity index (χ0) is 18.1. The van der Waals surface area contributed by atoms with Crippen LogP contribution in [0, 0.1) is 22.2 Å². The van der Waals surface area contributed by atoms with Crippen LogP contribution in [0.3, 0.4) is 0 Å². The summed E-state index contributed by atoms with van der Waals surface area (Å²) in [6, 6.07) is -0.421. The molecule has 3 heteroatoms. The molecule has 134 valence electrons. The fourth-order valence-electron chi connectivity index (χ4n) is 3.25. The molecule has 1 rings (SSSR count). The van der Waals surface area contributed by atoms with Gasteiger partial charge in [0.1, 0.15) is 0 Å². The molecule has 1 atom stereocenters. The molecule has 1 unspecified atom stereocenters. The highest BCUT2D eigenvalue weighted by atomic mass is 16.2. The summed E-state index contributed by atoms with van der Waals surface area (Å²) in [4.78, 5) is 25.2. The third-order valence-corrected chi connectivity index (χ3v) is 5.11. The van der Waals surface area contributed by atoms with E-state index < -0.39 is 11.5 Å². The maximum Gasteiger partial charge on any atom is 0.220 e. The highest BCUT2D eigenvalue weighted by Gasteiger charge is 2.38. The molecule has 0 aromatic heterocycles. The van der Waals surface area contributed by atoms with Gasteiger partial charge in [0.05, 0.1) is 6.04 Å². The van der Waals surface area contributed by atoms with Gasteiger partial charge in [0.25, 0.3) is 0 Å². The number of amides is 1. The van der Waals surface area contributed by atoms with Crippen LogP contribution in [0.4, 0.5) is 0 Å². The van der Waals surface area contributed by atoms with E-state index in [2.05, 4.69) is 19.2 Å². The number of ketones is 1. The summed E-state index contributed by atoms with van der Waals surface area (Å²) in [5.41, 5.74) is -0.294. The van der Waals surface area contributed by atoms with Crippen molar-refractivity contribution in [3.05, 3.63) is 0 Å². The Labute approximate surface area is 143 Å². The number of carbonyl (C=O) groups is 2. The van der Waals surface area contributed by atoms with E-state index in [0.717, 1.165) is 12.8 Å². The second-order valence-corrected chi connectivity index (χ2v) is 10.3. The van der Waals surface area contributed by atoms with Crippen molar-refractivity contribution < 1.29 is 9.59 Å². The number of carbonyl (C=O) groups excluding carboxylic acids is 2. The highest BCUT2D eigenvalue weighted by Crippen LogP contribution is 2.39. The predicted molar refractivity (Wildman–Crippen MR) is 96.2 cm³/mol. The number of hydrogen-bond donors (Lipinski definition) is 1. The van der Waals surface area contributed by atoms with Crippen LogP contribution in [0.2, 0.25) is 0 Å². The summed E-state index contributed by atoms with van der Waals surface area (Å²) in [6.07, 6.45) is 5.17. The molecule has 0 aromatic rings. The van der Waals surface area contributed by atoms with Crippen molar-refractivity contribution >= 4 is 11.7 Å². The van der Waals surface area contributed by atoms with E-state index in [-0.39, 0.29) is 17.1 Å². The average molecular weight is 324 g/mol. The van der Waals surface area contributed by atoms with Gasteiger partial charge in [-0.05, 0) is 42.4 Å². The zero-order valence-electron chi connectivity index (χ0n) is 16.5. The minimum absolute atomic E-state index is 0.0345. The topological polar surface area (TPSA) is 46.2 Å². The van der Waals surface area contributed by atoms with Gasteiger partial charge in [-0.2, -0.15) is 0 Å². The van der Waals surface area contributed by atoms with Gasteiger partial charge in [0.15, 0.2) is 5.78 Å². The molecule has 1 amide bonds. The SMILES string of the molecule is CC1(C)CCC(CC(=O)NC(C(=O)C(C)(C)C)C(C)(C)C)CC1. The Balaban J connectivity index is 2.67. The molecule has 1 aliphatic carbocycles. The lowest BCUT2D eigenvalue weighted by Gasteiger charge is -2.36. The third-order valence-electron chi connectivity index (χ3n) is 5.11. The summed E-state index contributed by atoms with van der Waals surface area (Å²) in [7, 11) is 0. The van der Waals surface area contributed by atoms with E-state index in [4.69, 9.17) is 0 Å². The minimum atomic E-state index is -0.444. The van der Waals surface area contributed by atoms with Gasteiger partial charge in [0.2, 0.25) is 5.91 Å². The van der Waals surface area contributed by atoms with Crippen molar-refractivity contribution in [2.24, 2.45) is 22.2 Å². The van der Waals surface area contributed by atoms with E-state index >= 15 is 0 Å². The Bertz CT molecular complexity index is 428. The maximum absolute atomic E-state index is 12.7. The molecule has 0 spiro atoms. The third kappa shape index (κ3) is 6.27. The van der Waals surface area contributed by atoms with Crippen LogP contribution >= 0.6 is 0 Å². The van der Waals surface area contributed by atoms with Crippen LogP contribution < -0.4 is 5.32 Å². The van der Waals surface area contributed by atoms with Gasteiger partial charge in [-0.25, -0.2) is 0 Å². The molecule has 0 saturated heterocycles. The summed E-state index contributed by atoms with van der Waals surface area (Å²) in [5.74, 6) is 0.615. The number of nitrogens with one attached hydrogen (secondary N) is 1. The van der Waals surface area contributed by atoms with Crippen molar-refractivity contribution in [2.45, 2.75) is 93.5 Å². The Morgan fingerprint density at radius 1 is 1.04 bits per heavy atom. The highest BCUT2D eigenvalue weighted by molar-refractivity contribution is 5.93. The first-order valence-electron chi connectivity index (χ1n) is 9.06. The van der Waals surface area contributed by atoms with E-state index in [9.17, 15) is 9.59 Å². The Morgan fingerprint density at radius 3 is 1.91 bits per heavy atom. The predicted octanol–water partition coefficient (Wildman–Crippen LogP) is 4.74. The van der Waals surface area contributed by atoms with Crippen LogP contribution in [0.15, 0.2) is 0 Å². The molecule has 1 aliphatic rings. The lowest BCUT2D eigenvalue weighted by molar-refractivity contribution is -0.135. The zero-order valence-corrected chi connectivity index (χ0v) is 16.5. The maximum atomic E-state index is 12.7. The first-order valence-corrected chi connectivity index (χ1v) is 9.06. The minimum Gasteiger partial charge on any atom is -0.346 e. The Kier molecular flexibility index (Phi) is 6.09. The fraction of sp³-hybridized carbons (Fsp3) is 0.900. The van der Waals surface area contributed by atoms with Crippen molar-refractivity contribution in [1.29, 1.82) is 0 Å². The molecule has 23 heavy (non-hydrogen) atoms. The second kappa shape index (κ2) is 6.94. The smallest absolute Gasteiger partial charge is 0.220 e. The molecule has 1 N–H and O–H groups in total. The van der Waals surface area contributed by atoms with Crippen molar-refractivity contribution in [1.82, 2.24) is 5.32 Å². The molecule has 1 saturated carbocycles. The molecule has 0 heterocycles. The fourth-order valence-corrected chi connectivity index (χ4v) is 3.25.